The molecule has 39 heavy (non-hydrogen) atoms. The van der Waals surface area contributed by atoms with Crippen molar-refractivity contribution in [1.82, 2.24) is 14.5 Å². The van der Waals surface area contributed by atoms with E-state index in [1.807, 2.05) is 28.8 Å². The molecule has 1 aliphatic carbocycles. The number of carboxylic acids is 1. The molecule has 2 aliphatic heterocycles. The molecular weight excluding hydrogens is 496 g/mol. The summed E-state index contributed by atoms with van der Waals surface area (Å²) in [4.78, 5) is 38.6. The highest BCUT2D eigenvalue weighted by Gasteiger charge is 2.43. The fourth-order valence-corrected chi connectivity index (χ4v) is 7.49. The number of oxime groups is 1. The van der Waals surface area contributed by atoms with Gasteiger partial charge < -0.3 is 19.2 Å². The van der Waals surface area contributed by atoms with Crippen LogP contribution in [0.2, 0.25) is 0 Å². The summed E-state index contributed by atoms with van der Waals surface area (Å²) in [7, 11) is 1.52. The second-order valence-electron chi connectivity index (χ2n) is 11.5. The van der Waals surface area contributed by atoms with E-state index in [2.05, 4.69) is 22.0 Å². The molecule has 212 valence electrons. The number of aliphatic carboxylic acids is 1. The summed E-state index contributed by atoms with van der Waals surface area (Å²) in [5.74, 6) is -0.508. The van der Waals surface area contributed by atoms with Gasteiger partial charge in [0.05, 0.1) is 17.6 Å². The standard InChI is InChI=1S/C30H42N4O5/c1-3-8-20-9-6-10-21(17-20)33-22-11-7-12-23(33)19-24(18-22)34-26-14-5-4-13-25(26)31-27(29(34)35)28(30(36)37)32-39-16-15-38-2/h4-5,13-14,20-24H,3,6-12,15-19H2,1-2H3,(H,36,37)/b32-28-/t20-,21-,22-,23+,24+/m1/s1. The van der Waals surface area contributed by atoms with Crippen molar-refractivity contribution in [3.05, 3.63) is 40.3 Å². The first kappa shape index (κ1) is 27.8. The first-order valence-electron chi connectivity index (χ1n) is 14.7. The number of methoxy groups -OCH3 is 1. The lowest BCUT2D eigenvalue weighted by Gasteiger charge is -2.54. The highest BCUT2D eigenvalue weighted by atomic mass is 16.6. The maximum absolute atomic E-state index is 14.0. The minimum Gasteiger partial charge on any atom is -0.476 e. The number of hydrogen-bond acceptors (Lipinski definition) is 7. The number of ether oxygens (including phenoxy) is 1. The number of aromatic nitrogens is 2. The smallest absolute Gasteiger partial charge is 0.360 e. The molecule has 0 amide bonds. The maximum Gasteiger partial charge on any atom is 0.360 e. The van der Waals surface area contributed by atoms with Crippen LogP contribution >= 0.6 is 0 Å². The SMILES string of the molecule is CCC[C@@H]1CCC[C@@H](N2[C@@H]3CCC[C@H]2C[C@@H](n2c(=O)c(/C(=N/OCCOC)C(=O)O)nc4ccccc42)C3)C1. The molecule has 2 saturated heterocycles. The molecule has 1 aromatic heterocycles. The van der Waals surface area contributed by atoms with E-state index in [1.54, 1.807) is 0 Å². The van der Waals surface area contributed by atoms with E-state index < -0.39 is 17.2 Å². The van der Waals surface area contributed by atoms with Gasteiger partial charge in [0.2, 0.25) is 5.71 Å². The van der Waals surface area contributed by atoms with Crippen LogP contribution in [0.4, 0.5) is 0 Å². The third kappa shape index (κ3) is 5.89. The van der Waals surface area contributed by atoms with Crippen LogP contribution in [-0.2, 0) is 14.4 Å². The van der Waals surface area contributed by atoms with E-state index in [-0.39, 0.29) is 24.9 Å². The first-order chi connectivity index (χ1) is 19.0. The summed E-state index contributed by atoms with van der Waals surface area (Å²) in [6.45, 7) is 2.63. The predicted octanol–water partition coefficient (Wildman–Crippen LogP) is 4.77. The number of carbonyl (C=O) groups is 1. The van der Waals surface area contributed by atoms with Gasteiger partial charge in [-0.3, -0.25) is 9.69 Å². The van der Waals surface area contributed by atoms with E-state index in [9.17, 15) is 14.7 Å². The Hall–Kier alpha value is -2.78. The van der Waals surface area contributed by atoms with Gasteiger partial charge in [0, 0.05) is 31.3 Å². The Labute approximate surface area is 230 Å². The van der Waals surface area contributed by atoms with E-state index in [1.165, 1.54) is 52.1 Å². The molecule has 9 heteroatoms. The van der Waals surface area contributed by atoms with E-state index >= 15 is 0 Å². The third-order valence-electron chi connectivity index (χ3n) is 9.00. The van der Waals surface area contributed by atoms with Gasteiger partial charge in [0.15, 0.2) is 5.69 Å². The van der Waals surface area contributed by atoms with Crippen LogP contribution in [-0.4, -0.2) is 69.7 Å². The molecule has 0 spiro atoms. The average Bonchev–Trinajstić information content (AvgIpc) is 2.92. The van der Waals surface area contributed by atoms with Crippen LogP contribution in [0.5, 0.6) is 0 Å². The van der Waals surface area contributed by atoms with Crippen LogP contribution in [0.1, 0.15) is 89.3 Å². The number of rotatable bonds is 10. The summed E-state index contributed by atoms with van der Waals surface area (Å²) < 4.78 is 6.76. The normalized spacial score (nSPS) is 27.9. The zero-order valence-electron chi connectivity index (χ0n) is 23.3. The van der Waals surface area contributed by atoms with E-state index in [0.29, 0.717) is 23.6 Å². The Kier molecular flexibility index (Phi) is 8.97. The molecule has 1 saturated carbocycles. The van der Waals surface area contributed by atoms with Crippen LogP contribution in [0.15, 0.2) is 34.2 Å². The molecule has 5 rings (SSSR count). The van der Waals surface area contributed by atoms with Crippen LogP contribution in [0.3, 0.4) is 0 Å². The lowest BCUT2D eigenvalue weighted by atomic mass is 9.76. The van der Waals surface area contributed by atoms with Gasteiger partial charge in [-0.2, -0.15) is 0 Å². The zero-order chi connectivity index (χ0) is 27.4. The summed E-state index contributed by atoms with van der Waals surface area (Å²) in [6.07, 6.45) is 13.2. The van der Waals surface area contributed by atoms with Gasteiger partial charge in [-0.05, 0) is 56.6 Å². The number of hydrogen-bond donors (Lipinski definition) is 1. The molecule has 5 atom stereocenters. The Morgan fingerprint density at radius 1 is 1.03 bits per heavy atom. The minimum atomic E-state index is -1.34. The molecule has 1 N–H and O–H groups in total. The number of para-hydroxylation sites is 2. The topological polar surface area (TPSA) is 106 Å². The molecule has 9 nitrogen and oxygen atoms in total. The zero-order valence-corrected chi connectivity index (χ0v) is 23.3. The minimum absolute atomic E-state index is 0.0183. The van der Waals surface area contributed by atoms with Gasteiger partial charge in [-0.1, -0.05) is 56.3 Å². The Morgan fingerprint density at radius 2 is 1.72 bits per heavy atom. The van der Waals surface area contributed by atoms with Gasteiger partial charge in [-0.15, -0.1) is 0 Å². The molecule has 3 aliphatic rings. The highest BCUT2D eigenvalue weighted by molar-refractivity contribution is 6.41. The van der Waals surface area contributed by atoms with Crippen molar-refractivity contribution in [1.29, 1.82) is 0 Å². The van der Waals surface area contributed by atoms with Crippen molar-refractivity contribution >= 4 is 22.7 Å². The largest absolute Gasteiger partial charge is 0.476 e. The van der Waals surface area contributed by atoms with Crippen LogP contribution < -0.4 is 5.56 Å². The fourth-order valence-electron chi connectivity index (χ4n) is 7.49. The Balaban J connectivity index is 1.49. The van der Waals surface area contributed by atoms with Crippen molar-refractivity contribution in [2.24, 2.45) is 11.1 Å². The monoisotopic (exact) mass is 538 g/mol. The summed E-state index contributed by atoms with van der Waals surface area (Å²) >= 11 is 0. The molecule has 0 radical (unpaired) electrons. The molecule has 3 heterocycles. The maximum atomic E-state index is 14.0. The van der Waals surface area contributed by atoms with E-state index in [4.69, 9.17) is 9.57 Å². The van der Waals surface area contributed by atoms with Gasteiger partial charge in [0.25, 0.3) is 5.56 Å². The number of carboxylic acid groups (broad SMARTS) is 1. The van der Waals surface area contributed by atoms with Crippen LogP contribution in [0, 0.1) is 5.92 Å². The lowest BCUT2D eigenvalue weighted by Crippen LogP contribution is -2.58. The number of fused-ring (bicyclic) bond motifs is 3. The van der Waals surface area contributed by atoms with Crippen molar-refractivity contribution in [2.45, 2.75) is 102 Å². The summed E-state index contributed by atoms with van der Waals surface area (Å²) in [6, 6.07) is 9.02. The Morgan fingerprint density at radius 3 is 2.41 bits per heavy atom. The van der Waals surface area contributed by atoms with E-state index in [0.717, 1.165) is 37.1 Å². The molecular formula is C30H42N4O5. The van der Waals surface area contributed by atoms with Crippen molar-refractivity contribution in [2.75, 3.05) is 20.3 Å². The van der Waals surface area contributed by atoms with Crippen molar-refractivity contribution < 1.29 is 19.5 Å². The highest BCUT2D eigenvalue weighted by Crippen LogP contribution is 2.44. The molecule has 1 aromatic carbocycles. The molecule has 3 fully saturated rings. The summed E-state index contributed by atoms with van der Waals surface area (Å²) in [5.41, 5.74) is 0.259. The fraction of sp³-hybridized carbons (Fsp3) is 0.667. The third-order valence-corrected chi connectivity index (χ3v) is 9.00. The molecule has 0 unspecified atom stereocenters. The van der Waals surface area contributed by atoms with Crippen LogP contribution in [0.25, 0.3) is 11.0 Å². The number of nitrogens with zero attached hydrogens (tertiary/aromatic N) is 4. The predicted molar refractivity (Wildman–Crippen MR) is 150 cm³/mol. The molecule has 2 bridgehead atoms. The Bertz CT molecular complexity index is 1230. The quantitative estimate of drug-likeness (QED) is 0.264. The lowest BCUT2D eigenvalue weighted by molar-refractivity contribution is -0.129. The van der Waals surface area contributed by atoms with Crippen molar-refractivity contribution in [3.63, 3.8) is 0 Å². The average molecular weight is 539 g/mol. The second kappa shape index (κ2) is 12.6. The van der Waals surface area contributed by atoms with Gasteiger partial charge in [0.1, 0.15) is 6.61 Å². The van der Waals surface area contributed by atoms with Gasteiger partial charge >= 0.3 is 5.97 Å². The number of piperidine rings is 2. The second-order valence-corrected chi connectivity index (χ2v) is 11.5. The summed E-state index contributed by atoms with van der Waals surface area (Å²) in [5, 5.41) is 13.7. The first-order valence-corrected chi connectivity index (χ1v) is 14.7. The van der Waals surface area contributed by atoms with Crippen molar-refractivity contribution in [3.8, 4) is 0 Å². The number of benzene rings is 1. The van der Waals surface area contributed by atoms with Gasteiger partial charge in [-0.25, -0.2) is 9.78 Å². The molecule has 2 aromatic rings.